The SMILES string of the molecule is Fc1ccc(SCCCNc2ccccc2)cc1. The first kappa shape index (κ1) is 13.0. The molecule has 2 rings (SSSR count). The lowest BCUT2D eigenvalue weighted by Gasteiger charge is -2.05. The van der Waals surface area contributed by atoms with E-state index >= 15 is 0 Å². The zero-order valence-electron chi connectivity index (χ0n) is 10.1. The summed E-state index contributed by atoms with van der Waals surface area (Å²) >= 11 is 1.76. The van der Waals surface area contributed by atoms with Gasteiger partial charge in [-0.15, -0.1) is 11.8 Å². The highest BCUT2D eigenvalue weighted by Crippen LogP contribution is 2.18. The molecule has 0 aliphatic heterocycles. The number of benzene rings is 2. The Morgan fingerprint density at radius 3 is 2.39 bits per heavy atom. The lowest BCUT2D eigenvalue weighted by molar-refractivity contribution is 0.626. The van der Waals surface area contributed by atoms with E-state index in [4.69, 9.17) is 0 Å². The van der Waals surface area contributed by atoms with Crippen LogP contribution in [-0.4, -0.2) is 12.3 Å². The van der Waals surface area contributed by atoms with Gasteiger partial charge in [-0.2, -0.15) is 0 Å². The molecule has 0 atom stereocenters. The van der Waals surface area contributed by atoms with Crippen LogP contribution in [0.15, 0.2) is 59.5 Å². The van der Waals surface area contributed by atoms with Crippen LogP contribution in [0.4, 0.5) is 10.1 Å². The molecule has 0 aromatic heterocycles. The molecule has 2 aromatic rings. The smallest absolute Gasteiger partial charge is 0.123 e. The molecule has 0 fully saturated rings. The number of hydrogen-bond donors (Lipinski definition) is 1. The van der Waals surface area contributed by atoms with E-state index < -0.39 is 0 Å². The van der Waals surface area contributed by atoms with Crippen molar-refractivity contribution in [2.45, 2.75) is 11.3 Å². The maximum atomic E-state index is 12.7. The molecule has 18 heavy (non-hydrogen) atoms. The van der Waals surface area contributed by atoms with Crippen molar-refractivity contribution in [3.8, 4) is 0 Å². The Kier molecular flexibility index (Phi) is 5.09. The number of para-hydroxylation sites is 1. The highest BCUT2D eigenvalue weighted by Gasteiger charge is 1.95. The molecule has 0 aliphatic rings. The second-order valence-corrected chi connectivity index (χ2v) is 5.12. The van der Waals surface area contributed by atoms with Gasteiger partial charge >= 0.3 is 0 Å². The molecule has 0 unspecified atom stereocenters. The van der Waals surface area contributed by atoms with Gasteiger partial charge in [-0.1, -0.05) is 18.2 Å². The minimum atomic E-state index is -0.176. The summed E-state index contributed by atoms with van der Waals surface area (Å²) in [6, 6.07) is 16.8. The topological polar surface area (TPSA) is 12.0 Å². The van der Waals surface area contributed by atoms with Gasteiger partial charge in [0.15, 0.2) is 0 Å². The van der Waals surface area contributed by atoms with Crippen molar-refractivity contribution in [2.24, 2.45) is 0 Å². The Balaban J connectivity index is 1.63. The third-order valence-electron chi connectivity index (χ3n) is 2.51. The molecule has 1 N–H and O–H groups in total. The summed E-state index contributed by atoms with van der Waals surface area (Å²) in [6.45, 7) is 0.957. The van der Waals surface area contributed by atoms with E-state index in [9.17, 15) is 4.39 Å². The second kappa shape index (κ2) is 7.07. The first-order chi connectivity index (χ1) is 8.84. The largest absolute Gasteiger partial charge is 0.385 e. The zero-order chi connectivity index (χ0) is 12.6. The van der Waals surface area contributed by atoms with Gasteiger partial charge in [0.1, 0.15) is 5.82 Å². The number of nitrogens with one attached hydrogen (secondary N) is 1. The number of anilines is 1. The second-order valence-electron chi connectivity index (χ2n) is 3.95. The fourth-order valence-electron chi connectivity index (χ4n) is 1.58. The van der Waals surface area contributed by atoms with E-state index in [0.717, 1.165) is 29.3 Å². The van der Waals surface area contributed by atoms with Crippen molar-refractivity contribution in [3.63, 3.8) is 0 Å². The lowest BCUT2D eigenvalue weighted by Crippen LogP contribution is -2.02. The molecule has 0 saturated heterocycles. The van der Waals surface area contributed by atoms with Crippen LogP contribution >= 0.6 is 11.8 Å². The molecule has 0 bridgehead atoms. The normalized spacial score (nSPS) is 10.3. The van der Waals surface area contributed by atoms with Crippen molar-refractivity contribution in [1.82, 2.24) is 0 Å². The molecule has 2 aromatic carbocycles. The Labute approximate surface area is 111 Å². The van der Waals surface area contributed by atoms with Crippen molar-refractivity contribution < 1.29 is 4.39 Å². The van der Waals surface area contributed by atoms with E-state index in [0.29, 0.717) is 0 Å². The number of halogens is 1. The van der Waals surface area contributed by atoms with Gasteiger partial charge in [-0.3, -0.25) is 0 Å². The zero-order valence-corrected chi connectivity index (χ0v) is 10.9. The van der Waals surface area contributed by atoms with Gasteiger partial charge < -0.3 is 5.32 Å². The minimum absolute atomic E-state index is 0.176. The van der Waals surface area contributed by atoms with Gasteiger partial charge in [0, 0.05) is 17.1 Å². The standard InChI is InChI=1S/C15H16FNS/c16-13-7-9-15(10-8-13)18-12-4-11-17-14-5-2-1-3-6-14/h1-3,5-10,17H,4,11-12H2. The van der Waals surface area contributed by atoms with Crippen LogP contribution < -0.4 is 5.32 Å². The number of thioether (sulfide) groups is 1. The molecule has 0 saturated carbocycles. The van der Waals surface area contributed by atoms with Crippen LogP contribution in [0.2, 0.25) is 0 Å². The summed E-state index contributed by atoms with van der Waals surface area (Å²) in [7, 11) is 0. The maximum absolute atomic E-state index is 12.7. The molecule has 0 aliphatic carbocycles. The summed E-state index contributed by atoms with van der Waals surface area (Å²) in [5.41, 5.74) is 1.16. The van der Waals surface area contributed by atoms with Crippen molar-refractivity contribution in [3.05, 3.63) is 60.4 Å². The lowest BCUT2D eigenvalue weighted by atomic mass is 10.3. The summed E-state index contributed by atoms with van der Waals surface area (Å²) < 4.78 is 12.7. The summed E-state index contributed by atoms with van der Waals surface area (Å²) in [6.07, 6.45) is 1.08. The van der Waals surface area contributed by atoms with Crippen molar-refractivity contribution in [1.29, 1.82) is 0 Å². The minimum Gasteiger partial charge on any atom is -0.385 e. The molecule has 0 spiro atoms. The summed E-state index contributed by atoms with van der Waals surface area (Å²) in [5.74, 6) is 0.857. The van der Waals surface area contributed by atoms with Crippen LogP contribution in [0.1, 0.15) is 6.42 Å². The van der Waals surface area contributed by atoms with Crippen molar-refractivity contribution >= 4 is 17.4 Å². The fraction of sp³-hybridized carbons (Fsp3) is 0.200. The van der Waals surface area contributed by atoms with Crippen LogP contribution in [-0.2, 0) is 0 Å². The molecule has 0 heterocycles. The number of rotatable bonds is 6. The predicted octanol–water partition coefficient (Wildman–Crippen LogP) is 4.42. The van der Waals surface area contributed by atoms with E-state index in [1.165, 1.54) is 12.1 Å². The van der Waals surface area contributed by atoms with Crippen LogP contribution in [0.5, 0.6) is 0 Å². The van der Waals surface area contributed by atoms with Crippen molar-refractivity contribution in [2.75, 3.05) is 17.6 Å². The molecular formula is C15H16FNS. The highest BCUT2D eigenvalue weighted by molar-refractivity contribution is 7.99. The Hall–Kier alpha value is -1.48. The van der Waals surface area contributed by atoms with Gasteiger partial charge in [-0.25, -0.2) is 4.39 Å². The molecule has 0 amide bonds. The van der Waals surface area contributed by atoms with Crippen LogP contribution in [0.3, 0.4) is 0 Å². The maximum Gasteiger partial charge on any atom is 0.123 e. The summed E-state index contributed by atoms with van der Waals surface area (Å²) in [4.78, 5) is 1.12. The number of hydrogen-bond acceptors (Lipinski definition) is 2. The Morgan fingerprint density at radius 1 is 0.944 bits per heavy atom. The van der Waals surface area contributed by atoms with E-state index in [1.54, 1.807) is 11.8 Å². The molecule has 3 heteroatoms. The van der Waals surface area contributed by atoms with E-state index in [2.05, 4.69) is 17.4 Å². The molecule has 94 valence electrons. The molecule has 0 radical (unpaired) electrons. The van der Waals surface area contributed by atoms with Gasteiger partial charge in [0.25, 0.3) is 0 Å². The highest BCUT2D eigenvalue weighted by atomic mass is 32.2. The monoisotopic (exact) mass is 261 g/mol. The fourth-order valence-corrected chi connectivity index (χ4v) is 2.43. The van der Waals surface area contributed by atoms with Gasteiger partial charge in [-0.05, 0) is 48.6 Å². The van der Waals surface area contributed by atoms with Gasteiger partial charge in [0.2, 0.25) is 0 Å². The first-order valence-electron chi connectivity index (χ1n) is 6.02. The third-order valence-corrected chi connectivity index (χ3v) is 3.60. The first-order valence-corrected chi connectivity index (χ1v) is 7.00. The average Bonchev–Trinajstić information content (AvgIpc) is 2.42. The third kappa shape index (κ3) is 4.41. The molecular weight excluding hydrogens is 245 g/mol. The van der Waals surface area contributed by atoms with Gasteiger partial charge in [0.05, 0.1) is 0 Å². The Morgan fingerprint density at radius 2 is 1.67 bits per heavy atom. The quantitative estimate of drug-likeness (QED) is 0.610. The predicted molar refractivity (Wildman–Crippen MR) is 76.7 cm³/mol. The summed E-state index contributed by atoms with van der Waals surface area (Å²) in [5, 5.41) is 3.37. The Bertz CT molecular complexity index is 456. The van der Waals surface area contributed by atoms with Crippen LogP contribution in [0, 0.1) is 5.82 Å². The molecule has 1 nitrogen and oxygen atoms in total. The van der Waals surface area contributed by atoms with Crippen LogP contribution in [0.25, 0.3) is 0 Å². The van der Waals surface area contributed by atoms with E-state index in [-0.39, 0.29) is 5.82 Å². The van der Waals surface area contributed by atoms with E-state index in [1.807, 2.05) is 30.3 Å². The average molecular weight is 261 g/mol.